The maximum Gasteiger partial charge on any atom is 0.191 e. The van der Waals surface area contributed by atoms with E-state index in [-0.39, 0.29) is 5.69 Å². The summed E-state index contributed by atoms with van der Waals surface area (Å²) < 4.78 is 6.94. The van der Waals surface area contributed by atoms with E-state index in [1.165, 1.54) is 0 Å². The summed E-state index contributed by atoms with van der Waals surface area (Å²) in [6, 6.07) is 17.5. The van der Waals surface area contributed by atoms with Crippen molar-refractivity contribution in [3.8, 4) is 28.8 Å². The Balaban J connectivity index is 2.22. The highest BCUT2D eigenvalue weighted by Gasteiger charge is 2.16. The molecule has 0 N–H and O–H groups in total. The molecule has 22 heavy (non-hydrogen) atoms. The van der Waals surface area contributed by atoms with Crippen molar-refractivity contribution in [1.29, 1.82) is 5.26 Å². The summed E-state index contributed by atoms with van der Waals surface area (Å²) in [5.41, 5.74) is 3.76. The van der Waals surface area contributed by atoms with E-state index >= 15 is 0 Å². The molecule has 0 fully saturated rings. The number of ether oxygens (including phenoxy) is 1. The van der Waals surface area contributed by atoms with Crippen LogP contribution in [0.3, 0.4) is 0 Å². The lowest BCUT2D eigenvalue weighted by Gasteiger charge is -2.08. The third kappa shape index (κ3) is 2.42. The van der Waals surface area contributed by atoms with E-state index in [1.807, 2.05) is 55.5 Å². The van der Waals surface area contributed by atoms with Crippen LogP contribution in [-0.4, -0.2) is 22.1 Å². The van der Waals surface area contributed by atoms with Crippen LogP contribution in [0.1, 0.15) is 11.3 Å². The summed E-state index contributed by atoms with van der Waals surface area (Å²) >= 11 is 0. The fourth-order valence-electron chi connectivity index (χ4n) is 2.33. The van der Waals surface area contributed by atoms with Crippen molar-refractivity contribution in [1.82, 2.24) is 15.0 Å². The largest absolute Gasteiger partial charge is 0.497 e. The molecular weight excluding hydrogens is 276 g/mol. The highest BCUT2D eigenvalue weighted by Crippen LogP contribution is 2.28. The zero-order valence-electron chi connectivity index (χ0n) is 12.3. The summed E-state index contributed by atoms with van der Waals surface area (Å²) in [6.07, 6.45) is 0. The fraction of sp³-hybridized carbons (Fsp3) is 0.118. The van der Waals surface area contributed by atoms with Crippen molar-refractivity contribution in [2.45, 2.75) is 6.92 Å². The number of methoxy groups -OCH3 is 1. The van der Waals surface area contributed by atoms with Gasteiger partial charge in [-0.25, -0.2) is 4.68 Å². The molecule has 5 heteroatoms. The van der Waals surface area contributed by atoms with Crippen LogP contribution < -0.4 is 4.74 Å². The van der Waals surface area contributed by atoms with Crippen LogP contribution in [0.2, 0.25) is 0 Å². The van der Waals surface area contributed by atoms with E-state index in [4.69, 9.17) is 4.74 Å². The Morgan fingerprint density at radius 2 is 1.95 bits per heavy atom. The van der Waals surface area contributed by atoms with Crippen LogP contribution in [0.15, 0.2) is 48.5 Å². The zero-order chi connectivity index (χ0) is 15.5. The molecule has 0 saturated heterocycles. The molecule has 0 aliphatic carbocycles. The van der Waals surface area contributed by atoms with Gasteiger partial charge in [-0.2, -0.15) is 5.26 Å². The van der Waals surface area contributed by atoms with E-state index in [9.17, 15) is 5.26 Å². The van der Waals surface area contributed by atoms with Gasteiger partial charge in [0, 0.05) is 5.56 Å². The molecule has 2 aromatic carbocycles. The molecule has 0 amide bonds. The minimum Gasteiger partial charge on any atom is -0.497 e. The summed E-state index contributed by atoms with van der Waals surface area (Å²) in [4.78, 5) is 0. The van der Waals surface area contributed by atoms with Crippen LogP contribution in [-0.2, 0) is 0 Å². The Hall–Kier alpha value is -3.13. The number of hydrogen-bond acceptors (Lipinski definition) is 4. The van der Waals surface area contributed by atoms with Gasteiger partial charge in [0.15, 0.2) is 5.69 Å². The second-order valence-electron chi connectivity index (χ2n) is 4.88. The first-order valence-electron chi connectivity index (χ1n) is 6.80. The van der Waals surface area contributed by atoms with Gasteiger partial charge in [0.1, 0.15) is 17.5 Å². The predicted molar refractivity (Wildman–Crippen MR) is 82.8 cm³/mol. The minimum atomic E-state index is 0.287. The third-order valence-electron chi connectivity index (χ3n) is 3.37. The van der Waals surface area contributed by atoms with Crippen LogP contribution in [0.25, 0.3) is 16.9 Å². The first-order chi connectivity index (χ1) is 10.7. The lowest BCUT2D eigenvalue weighted by Crippen LogP contribution is -2.00. The Kier molecular flexibility index (Phi) is 3.58. The molecule has 0 aliphatic heterocycles. The van der Waals surface area contributed by atoms with Crippen molar-refractivity contribution in [3.05, 3.63) is 59.8 Å². The number of aryl methyl sites for hydroxylation is 1. The lowest BCUT2D eigenvalue weighted by molar-refractivity contribution is 0.415. The Morgan fingerprint density at radius 1 is 1.14 bits per heavy atom. The van der Waals surface area contributed by atoms with Crippen molar-refractivity contribution in [2.75, 3.05) is 7.11 Å². The monoisotopic (exact) mass is 290 g/mol. The molecule has 0 atom stereocenters. The van der Waals surface area contributed by atoms with Gasteiger partial charge in [0.25, 0.3) is 0 Å². The summed E-state index contributed by atoms with van der Waals surface area (Å²) in [5, 5.41) is 17.4. The van der Waals surface area contributed by atoms with Crippen LogP contribution in [0.4, 0.5) is 0 Å². The van der Waals surface area contributed by atoms with Crippen LogP contribution in [0, 0.1) is 18.3 Å². The highest BCUT2D eigenvalue weighted by molar-refractivity contribution is 5.68. The van der Waals surface area contributed by atoms with Gasteiger partial charge in [-0.05, 0) is 36.8 Å². The van der Waals surface area contributed by atoms with Crippen molar-refractivity contribution in [3.63, 3.8) is 0 Å². The molecule has 0 aliphatic rings. The average Bonchev–Trinajstić information content (AvgIpc) is 2.99. The van der Waals surface area contributed by atoms with E-state index in [2.05, 4.69) is 16.4 Å². The Bertz CT molecular complexity index is 861. The SMILES string of the molecule is COc1cccc(-c2c(C#N)nnn2-c2cccc(C)c2)c1. The predicted octanol–water partition coefficient (Wildman–Crippen LogP) is 3.12. The normalized spacial score (nSPS) is 10.2. The van der Waals surface area contributed by atoms with Gasteiger partial charge >= 0.3 is 0 Å². The molecule has 3 rings (SSSR count). The van der Waals surface area contributed by atoms with Crippen molar-refractivity contribution >= 4 is 0 Å². The number of benzene rings is 2. The standard InChI is InChI=1S/C17H14N4O/c1-12-5-3-7-14(9-12)21-17(16(11-18)19-20-21)13-6-4-8-15(10-13)22-2/h3-10H,1-2H3. The van der Waals surface area contributed by atoms with Gasteiger partial charge in [-0.15, -0.1) is 5.10 Å². The number of aromatic nitrogens is 3. The molecule has 0 radical (unpaired) electrons. The average molecular weight is 290 g/mol. The maximum absolute atomic E-state index is 9.32. The van der Waals surface area contributed by atoms with Gasteiger partial charge < -0.3 is 4.74 Å². The smallest absolute Gasteiger partial charge is 0.191 e. The quantitative estimate of drug-likeness (QED) is 0.743. The number of rotatable bonds is 3. The molecule has 0 saturated carbocycles. The summed E-state index contributed by atoms with van der Waals surface area (Å²) in [7, 11) is 1.61. The molecule has 5 nitrogen and oxygen atoms in total. The first-order valence-corrected chi connectivity index (χ1v) is 6.80. The van der Waals surface area contributed by atoms with Crippen molar-refractivity contribution in [2.24, 2.45) is 0 Å². The molecule has 108 valence electrons. The summed E-state index contributed by atoms with van der Waals surface area (Å²) in [6.45, 7) is 2.01. The maximum atomic E-state index is 9.32. The Labute approximate surface area is 128 Å². The first kappa shape index (κ1) is 13.8. The molecule has 1 aromatic heterocycles. The second kappa shape index (κ2) is 5.70. The van der Waals surface area contributed by atoms with E-state index in [1.54, 1.807) is 11.8 Å². The molecule has 0 bridgehead atoms. The summed E-state index contributed by atoms with van der Waals surface area (Å²) in [5.74, 6) is 0.721. The Morgan fingerprint density at radius 3 is 2.68 bits per heavy atom. The molecule has 0 unspecified atom stereocenters. The lowest BCUT2D eigenvalue weighted by atomic mass is 10.1. The third-order valence-corrected chi connectivity index (χ3v) is 3.37. The van der Waals surface area contributed by atoms with Gasteiger partial charge in [-0.3, -0.25) is 0 Å². The van der Waals surface area contributed by atoms with Crippen LogP contribution >= 0.6 is 0 Å². The number of nitriles is 1. The highest BCUT2D eigenvalue weighted by atomic mass is 16.5. The van der Waals surface area contributed by atoms with E-state index < -0.39 is 0 Å². The van der Waals surface area contributed by atoms with E-state index in [0.717, 1.165) is 22.6 Å². The van der Waals surface area contributed by atoms with Gasteiger partial charge in [-0.1, -0.05) is 29.5 Å². The second-order valence-corrected chi connectivity index (χ2v) is 4.88. The fourth-order valence-corrected chi connectivity index (χ4v) is 2.33. The topological polar surface area (TPSA) is 63.7 Å². The number of nitrogens with zero attached hydrogens (tertiary/aromatic N) is 4. The molecular formula is C17H14N4O. The zero-order valence-corrected chi connectivity index (χ0v) is 12.3. The van der Waals surface area contributed by atoms with Gasteiger partial charge in [0.05, 0.1) is 12.8 Å². The van der Waals surface area contributed by atoms with Crippen molar-refractivity contribution < 1.29 is 4.74 Å². The molecule has 0 spiro atoms. The minimum absolute atomic E-state index is 0.287. The number of hydrogen-bond donors (Lipinski definition) is 0. The molecule has 1 heterocycles. The van der Waals surface area contributed by atoms with E-state index in [0.29, 0.717) is 5.69 Å². The van der Waals surface area contributed by atoms with Crippen LogP contribution in [0.5, 0.6) is 5.75 Å². The molecule has 3 aromatic rings. The van der Waals surface area contributed by atoms with Gasteiger partial charge in [0.2, 0.25) is 0 Å².